The van der Waals surface area contributed by atoms with Gasteiger partial charge >= 0.3 is 0 Å². The van der Waals surface area contributed by atoms with Crippen molar-refractivity contribution in [3.05, 3.63) is 23.9 Å². The molecule has 1 saturated heterocycles. The van der Waals surface area contributed by atoms with Gasteiger partial charge in [0.2, 0.25) is 5.91 Å². The number of aromatic nitrogens is 1. The highest BCUT2D eigenvalue weighted by Gasteiger charge is 2.25. The predicted octanol–water partition coefficient (Wildman–Crippen LogP) is 3.18. The van der Waals surface area contributed by atoms with E-state index in [-0.39, 0.29) is 11.8 Å². The molecule has 1 fully saturated rings. The third-order valence-electron chi connectivity index (χ3n) is 4.09. The molecule has 0 bridgehead atoms. The first-order chi connectivity index (χ1) is 10.7. The Hall–Kier alpha value is -1.07. The molecule has 1 aromatic heterocycles. The first-order valence-electron chi connectivity index (χ1n) is 8.15. The standard InChI is InChI=1S/C17H27N3OS/c1-14-7-5-9-16(18-14)19-17(21)15-8-6-11-20(13-15)10-3-4-12-22-2/h5,7,9,15H,3-4,6,8,10-13H2,1-2H3,(H,18,19,21)/t15-/m1/s1. The Bertz CT molecular complexity index is 481. The minimum Gasteiger partial charge on any atom is -0.310 e. The van der Waals surface area contributed by atoms with Crippen molar-refractivity contribution in [3.63, 3.8) is 0 Å². The van der Waals surface area contributed by atoms with Gasteiger partial charge in [0, 0.05) is 12.2 Å². The second kappa shape index (κ2) is 9.16. The molecule has 1 atom stereocenters. The van der Waals surface area contributed by atoms with Gasteiger partial charge in [-0.05, 0) is 69.8 Å². The lowest BCUT2D eigenvalue weighted by molar-refractivity contribution is -0.121. The van der Waals surface area contributed by atoms with Crippen LogP contribution >= 0.6 is 11.8 Å². The van der Waals surface area contributed by atoms with E-state index >= 15 is 0 Å². The van der Waals surface area contributed by atoms with Gasteiger partial charge in [0.15, 0.2) is 0 Å². The third kappa shape index (κ3) is 5.61. The quantitative estimate of drug-likeness (QED) is 0.784. The summed E-state index contributed by atoms with van der Waals surface area (Å²) in [5.74, 6) is 2.11. The van der Waals surface area contributed by atoms with Gasteiger partial charge in [-0.2, -0.15) is 11.8 Å². The zero-order chi connectivity index (χ0) is 15.8. The Kier molecular flexibility index (Phi) is 7.19. The second-order valence-corrected chi connectivity index (χ2v) is 6.98. The molecule has 1 aliphatic rings. The maximum Gasteiger partial charge on any atom is 0.229 e. The van der Waals surface area contributed by atoms with Crippen LogP contribution in [0.5, 0.6) is 0 Å². The van der Waals surface area contributed by atoms with Gasteiger partial charge < -0.3 is 10.2 Å². The number of unbranched alkanes of at least 4 members (excludes halogenated alkanes) is 1. The summed E-state index contributed by atoms with van der Waals surface area (Å²) in [5, 5.41) is 2.97. The zero-order valence-corrected chi connectivity index (χ0v) is 14.5. The molecule has 2 heterocycles. The molecule has 22 heavy (non-hydrogen) atoms. The number of hydrogen-bond donors (Lipinski definition) is 1. The Morgan fingerprint density at radius 3 is 3.09 bits per heavy atom. The van der Waals surface area contributed by atoms with E-state index in [0.717, 1.165) is 38.2 Å². The number of thioether (sulfide) groups is 1. The molecule has 1 N–H and O–H groups in total. The van der Waals surface area contributed by atoms with E-state index in [1.54, 1.807) is 0 Å². The number of hydrogen-bond acceptors (Lipinski definition) is 4. The van der Waals surface area contributed by atoms with E-state index in [1.807, 2.05) is 36.9 Å². The lowest BCUT2D eigenvalue weighted by Crippen LogP contribution is -2.41. The van der Waals surface area contributed by atoms with Crippen molar-refractivity contribution in [2.45, 2.75) is 32.6 Å². The van der Waals surface area contributed by atoms with Crippen molar-refractivity contribution in [3.8, 4) is 0 Å². The molecule has 0 aromatic carbocycles. The van der Waals surface area contributed by atoms with Gasteiger partial charge in [0.25, 0.3) is 0 Å². The van der Waals surface area contributed by atoms with Crippen LogP contribution in [0.2, 0.25) is 0 Å². The van der Waals surface area contributed by atoms with Gasteiger partial charge in [-0.25, -0.2) is 4.98 Å². The van der Waals surface area contributed by atoms with Crippen LogP contribution in [0.3, 0.4) is 0 Å². The summed E-state index contributed by atoms with van der Waals surface area (Å²) in [4.78, 5) is 19.2. The van der Waals surface area contributed by atoms with Gasteiger partial charge in [0.1, 0.15) is 5.82 Å². The number of pyridine rings is 1. The van der Waals surface area contributed by atoms with Crippen molar-refractivity contribution in [2.75, 3.05) is 37.0 Å². The van der Waals surface area contributed by atoms with Crippen LogP contribution in [-0.4, -0.2) is 47.4 Å². The number of likely N-dealkylation sites (tertiary alicyclic amines) is 1. The van der Waals surface area contributed by atoms with E-state index in [9.17, 15) is 4.79 Å². The fourth-order valence-corrected chi connectivity index (χ4v) is 3.39. The fourth-order valence-electron chi connectivity index (χ4n) is 2.90. The molecular formula is C17H27N3OS. The van der Waals surface area contributed by atoms with Crippen molar-refractivity contribution in [1.29, 1.82) is 0 Å². The van der Waals surface area contributed by atoms with Crippen LogP contribution in [-0.2, 0) is 4.79 Å². The van der Waals surface area contributed by atoms with Gasteiger partial charge in [-0.15, -0.1) is 0 Å². The average Bonchev–Trinajstić information content (AvgIpc) is 2.52. The summed E-state index contributed by atoms with van der Waals surface area (Å²) in [6.45, 7) is 5.07. The number of nitrogens with zero attached hydrogens (tertiary/aromatic N) is 2. The maximum absolute atomic E-state index is 12.4. The third-order valence-corrected chi connectivity index (χ3v) is 4.79. The number of anilines is 1. The highest BCUT2D eigenvalue weighted by molar-refractivity contribution is 7.98. The summed E-state index contributed by atoms with van der Waals surface area (Å²) in [6, 6.07) is 5.72. The topological polar surface area (TPSA) is 45.2 Å². The Morgan fingerprint density at radius 1 is 1.45 bits per heavy atom. The van der Waals surface area contributed by atoms with Crippen molar-refractivity contribution >= 4 is 23.5 Å². The van der Waals surface area contributed by atoms with Crippen LogP contribution < -0.4 is 5.32 Å². The smallest absolute Gasteiger partial charge is 0.229 e. The first-order valence-corrected chi connectivity index (χ1v) is 9.54. The molecule has 1 aromatic rings. The molecule has 0 spiro atoms. The summed E-state index contributed by atoms with van der Waals surface area (Å²) < 4.78 is 0. The number of aryl methyl sites for hydroxylation is 1. The van der Waals surface area contributed by atoms with E-state index in [0.29, 0.717) is 5.82 Å². The summed E-state index contributed by atoms with van der Waals surface area (Å²) in [5.41, 5.74) is 0.928. The number of piperidine rings is 1. The molecule has 0 saturated carbocycles. The van der Waals surface area contributed by atoms with Crippen LogP contribution in [0.25, 0.3) is 0 Å². The molecule has 0 radical (unpaired) electrons. The monoisotopic (exact) mass is 321 g/mol. The number of nitrogens with one attached hydrogen (secondary N) is 1. The minimum absolute atomic E-state index is 0.0941. The van der Waals surface area contributed by atoms with Gasteiger partial charge in [0.05, 0.1) is 5.92 Å². The highest BCUT2D eigenvalue weighted by atomic mass is 32.2. The largest absolute Gasteiger partial charge is 0.310 e. The van der Waals surface area contributed by atoms with Crippen LogP contribution in [0, 0.1) is 12.8 Å². The molecule has 4 nitrogen and oxygen atoms in total. The normalized spacial score (nSPS) is 19.1. The molecule has 1 amide bonds. The summed E-state index contributed by atoms with van der Waals surface area (Å²) in [7, 11) is 0. The predicted molar refractivity (Wildman–Crippen MR) is 94.4 cm³/mol. The van der Waals surface area contributed by atoms with E-state index in [4.69, 9.17) is 0 Å². The van der Waals surface area contributed by atoms with Crippen LogP contribution in [0.1, 0.15) is 31.4 Å². The summed E-state index contributed by atoms with van der Waals surface area (Å²) in [6.07, 6.45) is 6.75. The highest BCUT2D eigenvalue weighted by Crippen LogP contribution is 2.19. The number of amides is 1. The SMILES string of the molecule is CSCCCCN1CCC[C@@H](C(=O)Nc2cccc(C)n2)C1. The Balaban J connectivity index is 1.79. The fraction of sp³-hybridized carbons (Fsp3) is 0.647. The summed E-state index contributed by atoms with van der Waals surface area (Å²) >= 11 is 1.91. The number of carbonyl (C=O) groups excluding carboxylic acids is 1. The second-order valence-electron chi connectivity index (χ2n) is 5.99. The van der Waals surface area contributed by atoms with Gasteiger partial charge in [-0.1, -0.05) is 6.07 Å². The first kappa shape index (κ1) is 17.3. The molecule has 2 rings (SSSR count). The minimum atomic E-state index is 0.0941. The van der Waals surface area contributed by atoms with E-state index in [2.05, 4.69) is 21.5 Å². The van der Waals surface area contributed by atoms with Crippen molar-refractivity contribution in [2.24, 2.45) is 5.92 Å². The van der Waals surface area contributed by atoms with Gasteiger partial charge in [-0.3, -0.25) is 4.79 Å². The molecule has 5 heteroatoms. The Labute approximate surface area is 138 Å². The maximum atomic E-state index is 12.4. The lowest BCUT2D eigenvalue weighted by atomic mass is 9.97. The van der Waals surface area contributed by atoms with Crippen molar-refractivity contribution in [1.82, 2.24) is 9.88 Å². The lowest BCUT2D eigenvalue weighted by Gasteiger charge is -2.31. The molecular weight excluding hydrogens is 294 g/mol. The molecule has 0 unspecified atom stereocenters. The molecule has 0 aliphatic carbocycles. The van der Waals surface area contributed by atoms with E-state index < -0.39 is 0 Å². The zero-order valence-electron chi connectivity index (χ0n) is 13.7. The molecule has 1 aliphatic heterocycles. The van der Waals surface area contributed by atoms with Crippen molar-refractivity contribution < 1.29 is 4.79 Å². The molecule has 122 valence electrons. The number of rotatable bonds is 7. The average molecular weight is 321 g/mol. The van der Waals surface area contributed by atoms with Crippen LogP contribution in [0.4, 0.5) is 5.82 Å². The van der Waals surface area contributed by atoms with E-state index in [1.165, 1.54) is 18.6 Å². The number of carbonyl (C=O) groups is 1. The Morgan fingerprint density at radius 2 is 2.32 bits per heavy atom. The van der Waals surface area contributed by atoms with Crippen LogP contribution in [0.15, 0.2) is 18.2 Å².